The Morgan fingerprint density at radius 2 is 1.59 bits per heavy atom. The highest BCUT2D eigenvalue weighted by Gasteiger charge is 2.35. The molecule has 2 N–H and O–H groups in total. The van der Waals surface area contributed by atoms with Gasteiger partial charge >= 0.3 is 0 Å². The average Bonchev–Trinajstić information content (AvgIpc) is 3.40. The molecule has 1 aromatic heterocycles. The quantitative estimate of drug-likeness (QED) is 0.698. The van der Waals surface area contributed by atoms with Crippen LogP contribution in [0.15, 0.2) is 77.4 Å². The normalized spacial score (nSPS) is 15.9. The molecule has 0 aliphatic carbocycles. The van der Waals surface area contributed by atoms with Crippen LogP contribution in [-0.4, -0.2) is 24.3 Å². The third kappa shape index (κ3) is 4.19. The minimum absolute atomic E-state index is 0.0627. The van der Waals surface area contributed by atoms with Crippen LogP contribution in [-0.2, 0) is 9.59 Å². The maximum atomic E-state index is 12.6. The van der Waals surface area contributed by atoms with Gasteiger partial charge in [0.1, 0.15) is 0 Å². The molecule has 1 aliphatic heterocycles. The molecule has 0 bridgehead atoms. The first kappa shape index (κ1) is 18.5. The first-order chi connectivity index (χ1) is 14.1. The average molecular weight is 389 g/mol. The zero-order valence-corrected chi connectivity index (χ0v) is 15.5. The van der Waals surface area contributed by atoms with Gasteiger partial charge in [-0.15, -0.1) is 0 Å². The molecule has 7 heteroatoms. The van der Waals surface area contributed by atoms with Crippen molar-refractivity contribution < 1.29 is 18.8 Å². The predicted molar refractivity (Wildman–Crippen MR) is 109 cm³/mol. The molecule has 7 nitrogen and oxygen atoms in total. The Labute approximate surface area is 167 Å². The topological polar surface area (TPSA) is 91.7 Å². The molecule has 146 valence electrons. The Bertz CT molecular complexity index is 1010. The Morgan fingerprint density at radius 3 is 2.24 bits per heavy atom. The number of nitrogens with zero attached hydrogens (tertiary/aromatic N) is 1. The SMILES string of the molecule is O=C(Nc1ccc(NC(=O)C2CC(=O)N(c3ccccc3)C2)cc1)c1ccco1. The minimum atomic E-state index is -0.416. The van der Waals surface area contributed by atoms with Gasteiger partial charge in [0.2, 0.25) is 11.8 Å². The summed E-state index contributed by atoms with van der Waals surface area (Å²) >= 11 is 0. The van der Waals surface area contributed by atoms with E-state index < -0.39 is 5.92 Å². The van der Waals surface area contributed by atoms with Gasteiger partial charge in [-0.3, -0.25) is 14.4 Å². The lowest BCUT2D eigenvalue weighted by molar-refractivity contribution is -0.122. The number of carbonyl (C=O) groups is 3. The fourth-order valence-corrected chi connectivity index (χ4v) is 3.22. The van der Waals surface area contributed by atoms with E-state index in [1.807, 2.05) is 30.3 Å². The van der Waals surface area contributed by atoms with Crippen LogP contribution in [0.1, 0.15) is 17.0 Å². The van der Waals surface area contributed by atoms with Crippen LogP contribution in [0.5, 0.6) is 0 Å². The van der Waals surface area contributed by atoms with Gasteiger partial charge in [0.25, 0.3) is 5.91 Å². The highest BCUT2D eigenvalue weighted by atomic mass is 16.3. The Kier molecular flexibility index (Phi) is 5.11. The Morgan fingerprint density at radius 1 is 0.897 bits per heavy atom. The van der Waals surface area contributed by atoms with Crippen molar-refractivity contribution in [2.45, 2.75) is 6.42 Å². The molecule has 29 heavy (non-hydrogen) atoms. The maximum absolute atomic E-state index is 12.6. The van der Waals surface area contributed by atoms with Gasteiger partial charge in [0.15, 0.2) is 5.76 Å². The van der Waals surface area contributed by atoms with Crippen molar-refractivity contribution >= 4 is 34.8 Å². The first-order valence-corrected chi connectivity index (χ1v) is 9.21. The van der Waals surface area contributed by atoms with Crippen molar-refractivity contribution in [3.05, 3.63) is 78.8 Å². The minimum Gasteiger partial charge on any atom is -0.459 e. The predicted octanol–water partition coefficient (Wildman–Crippen LogP) is 3.52. The van der Waals surface area contributed by atoms with E-state index in [4.69, 9.17) is 4.42 Å². The summed E-state index contributed by atoms with van der Waals surface area (Å²) in [4.78, 5) is 38.5. The van der Waals surface area contributed by atoms with Gasteiger partial charge in [-0.25, -0.2) is 0 Å². The van der Waals surface area contributed by atoms with Gasteiger partial charge in [0.05, 0.1) is 12.2 Å². The lowest BCUT2D eigenvalue weighted by Crippen LogP contribution is -2.28. The number of rotatable bonds is 5. The molecule has 1 aliphatic rings. The van der Waals surface area contributed by atoms with E-state index in [2.05, 4.69) is 10.6 Å². The fourth-order valence-electron chi connectivity index (χ4n) is 3.22. The summed E-state index contributed by atoms with van der Waals surface area (Å²) in [6.45, 7) is 0.353. The summed E-state index contributed by atoms with van der Waals surface area (Å²) in [7, 11) is 0. The first-order valence-electron chi connectivity index (χ1n) is 9.21. The molecule has 0 spiro atoms. The fraction of sp³-hybridized carbons (Fsp3) is 0.136. The number of benzene rings is 2. The summed E-state index contributed by atoms with van der Waals surface area (Å²) in [5.41, 5.74) is 1.97. The molecule has 3 aromatic rings. The van der Waals surface area contributed by atoms with Crippen molar-refractivity contribution in [1.82, 2.24) is 0 Å². The Hall–Kier alpha value is -3.87. The van der Waals surface area contributed by atoms with Crippen molar-refractivity contribution in [2.24, 2.45) is 5.92 Å². The molecular formula is C22H19N3O4. The highest BCUT2D eigenvalue weighted by molar-refractivity contribution is 6.04. The number of furan rings is 1. The molecule has 4 rings (SSSR count). The van der Waals surface area contributed by atoms with E-state index in [9.17, 15) is 14.4 Å². The van der Waals surface area contributed by atoms with Crippen molar-refractivity contribution in [1.29, 1.82) is 0 Å². The van der Waals surface area contributed by atoms with Crippen LogP contribution in [0.4, 0.5) is 17.1 Å². The molecule has 0 saturated carbocycles. The van der Waals surface area contributed by atoms with Crippen LogP contribution < -0.4 is 15.5 Å². The molecule has 1 fully saturated rings. The summed E-state index contributed by atoms with van der Waals surface area (Å²) in [6, 6.07) is 19.3. The second-order valence-electron chi connectivity index (χ2n) is 6.74. The summed E-state index contributed by atoms with van der Waals surface area (Å²) in [5.74, 6) is -0.814. The smallest absolute Gasteiger partial charge is 0.291 e. The van der Waals surface area contributed by atoms with Crippen molar-refractivity contribution in [3.8, 4) is 0 Å². The molecule has 1 atom stereocenters. The van der Waals surface area contributed by atoms with E-state index in [1.165, 1.54) is 6.26 Å². The van der Waals surface area contributed by atoms with E-state index >= 15 is 0 Å². The van der Waals surface area contributed by atoms with E-state index in [0.717, 1.165) is 5.69 Å². The second-order valence-corrected chi connectivity index (χ2v) is 6.74. The zero-order chi connectivity index (χ0) is 20.2. The number of anilines is 3. The molecule has 1 unspecified atom stereocenters. The second kappa shape index (κ2) is 8.02. The number of carbonyl (C=O) groups excluding carboxylic acids is 3. The molecular weight excluding hydrogens is 370 g/mol. The monoisotopic (exact) mass is 389 g/mol. The summed E-state index contributed by atoms with van der Waals surface area (Å²) in [6.07, 6.45) is 1.61. The van der Waals surface area contributed by atoms with Crippen molar-refractivity contribution in [2.75, 3.05) is 22.1 Å². The van der Waals surface area contributed by atoms with E-state index in [0.29, 0.717) is 17.9 Å². The lowest BCUT2D eigenvalue weighted by Gasteiger charge is -2.16. The molecule has 3 amide bonds. The number of nitrogens with one attached hydrogen (secondary N) is 2. The van der Waals surface area contributed by atoms with Crippen LogP contribution in [0, 0.1) is 5.92 Å². The van der Waals surface area contributed by atoms with E-state index in [-0.39, 0.29) is 29.9 Å². The molecule has 1 saturated heterocycles. The van der Waals surface area contributed by atoms with E-state index in [1.54, 1.807) is 41.3 Å². The third-order valence-corrected chi connectivity index (χ3v) is 4.72. The maximum Gasteiger partial charge on any atom is 0.291 e. The van der Waals surface area contributed by atoms with Crippen LogP contribution in [0.2, 0.25) is 0 Å². The third-order valence-electron chi connectivity index (χ3n) is 4.72. The Balaban J connectivity index is 1.35. The van der Waals surface area contributed by atoms with Crippen LogP contribution >= 0.6 is 0 Å². The largest absolute Gasteiger partial charge is 0.459 e. The standard InChI is InChI=1S/C22H19N3O4/c26-20-13-15(14-25(20)18-5-2-1-3-6-18)21(27)23-16-8-10-17(11-9-16)24-22(28)19-7-4-12-29-19/h1-12,15H,13-14H2,(H,23,27)(H,24,28). The van der Waals surface area contributed by atoms with Gasteiger partial charge in [-0.2, -0.15) is 0 Å². The van der Waals surface area contributed by atoms with Crippen molar-refractivity contribution in [3.63, 3.8) is 0 Å². The lowest BCUT2D eigenvalue weighted by atomic mass is 10.1. The molecule has 2 aromatic carbocycles. The van der Waals surface area contributed by atoms with Crippen LogP contribution in [0.25, 0.3) is 0 Å². The molecule has 2 heterocycles. The number of amides is 3. The summed E-state index contributed by atoms with van der Waals surface area (Å²) < 4.78 is 5.05. The number of para-hydroxylation sites is 1. The zero-order valence-electron chi connectivity index (χ0n) is 15.5. The number of hydrogen-bond donors (Lipinski definition) is 2. The van der Waals surface area contributed by atoms with Crippen LogP contribution in [0.3, 0.4) is 0 Å². The number of hydrogen-bond acceptors (Lipinski definition) is 4. The molecule has 0 radical (unpaired) electrons. The van der Waals surface area contributed by atoms with Gasteiger partial charge in [0, 0.05) is 30.0 Å². The summed E-state index contributed by atoms with van der Waals surface area (Å²) in [5, 5.41) is 5.55. The van der Waals surface area contributed by atoms with Gasteiger partial charge < -0.3 is 20.0 Å². The van der Waals surface area contributed by atoms with Gasteiger partial charge in [-0.1, -0.05) is 18.2 Å². The highest BCUT2D eigenvalue weighted by Crippen LogP contribution is 2.26. The van der Waals surface area contributed by atoms with Gasteiger partial charge in [-0.05, 0) is 48.5 Å².